The molecule has 6 heteroatoms. The third-order valence-corrected chi connectivity index (χ3v) is 5.24. The lowest BCUT2D eigenvalue weighted by molar-refractivity contribution is -0.133. The van der Waals surface area contributed by atoms with E-state index in [-0.39, 0.29) is 17.6 Å². The molecule has 2 heterocycles. The average molecular weight is 347 g/mol. The van der Waals surface area contributed by atoms with Crippen LogP contribution in [0.2, 0.25) is 0 Å². The van der Waals surface area contributed by atoms with Gasteiger partial charge in [-0.15, -0.1) is 0 Å². The zero-order valence-corrected chi connectivity index (χ0v) is 14.5. The Hall–Kier alpha value is -1.95. The topological polar surface area (TPSA) is 52.7 Å². The molecule has 0 bridgehead atoms. The number of nitrogens with zero attached hydrogens (tertiary/aromatic N) is 2. The van der Waals surface area contributed by atoms with Crippen LogP contribution in [0.15, 0.2) is 24.3 Å². The number of rotatable bonds is 4. The summed E-state index contributed by atoms with van der Waals surface area (Å²) in [5.41, 5.74) is 0.493. The Morgan fingerprint density at radius 3 is 2.24 bits per heavy atom. The van der Waals surface area contributed by atoms with Crippen molar-refractivity contribution in [1.82, 2.24) is 15.1 Å². The van der Waals surface area contributed by atoms with E-state index in [2.05, 4.69) is 5.32 Å². The van der Waals surface area contributed by atoms with Gasteiger partial charge in [-0.2, -0.15) is 0 Å². The lowest BCUT2D eigenvalue weighted by Gasteiger charge is -2.35. The lowest BCUT2D eigenvalue weighted by atomic mass is 9.93. The molecule has 0 saturated carbocycles. The van der Waals surface area contributed by atoms with Crippen LogP contribution in [0.4, 0.5) is 4.39 Å². The molecule has 0 atom stereocenters. The summed E-state index contributed by atoms with van der Waals surface area (Å²) in [6.07, 6.45) is 3.90. The summed E-state index contributed by atoms with van der Waals surface area (Å²) in [5.74, 6) is 0.418. The first-order valence-electron chi connectivity index (χ1n) is 9.17. The van der Waals surface area contributed by atoms with E-state index in [9.17, 15) is 14.0 Å². The van der Waals surface area contributed by atoms with Gasteiger partial charge in [0.1, 0.15) is 5.82 Å². The minimum atomic E-state index is -0.347. The fourth-order valence-electron chi connectivity index (χ4n) is 3.59. The summed E-state index contributed by atoms with van der Waals surface area (Å²) < 4.78 is 13.0. The predicted octanol–water partition coefficient (Wildman–Crippen LogP) is 1.89. The van der Waals surface area contributed by atoms with Crippen LogP contribution in [-0.4, -0.2) is 60.9 Å². The van der Waals surface area contributed by atoms with Crippen LogP contribution in [0.3, 0.4) is 0 Å². The monoisotopic (exact) mass is 347 g/mol. The Morgan fingerprint density at radius 1 is 1.00 bits per heavy atom. The molecule has 2 fully saturated rings. The van der Waals surface area contributed by atoms with Crippen LogP contribution >= 0.6 is 0 Å². The number of piperazine rings is 1. The van der Waals surface area contributed by atoms with Crippen LogP contribution in [0.25, 0.3) is 0 Å². The molecule has 1 N–H and O–H groups in total. The summed E-state index contributed by atoms with van der Waals surface area (Å²) in [5, 5.41) is 3.34. The van der Waals surface area contributed by atoms with Crippen LogP contribution in [-0.2, 0) is 4.79 Å². The van der Waals surface area contributed by atoms with E-state index in [1.54, 1.807) is 4.90 Å². The lowest BCUT2D eigenvalue weighted by Crippen LogP contribution is -2.50. The Labute approximate surface area is 148 Å². The largest absolute Gasteiger partial charge is 0.339 e. The van der Waals surface area contributed by atoms with Crippen LogP contribution < -0.4 is 5.32 Å². The maximum Gasteiger partial charge on any atom is 0.253 e. The number of hydrogen-bond acceptors (Lipinski definition) is 3. The molecular formula is C19H26FN3O2. The van der Waals surface area contributed by atoms with Crippen molar-refractivity contribution in [3.8, 4) is 0 Å². The van der Waals surface area contributed by atoms with Crippen LogP contribution in [0, 0.1) is 11.7 Å². The quantitative estimate of drug-likeness (QED) is 0.905. The Bertz CT molecular complexity index is 591. The van der Waals surface area contributed by atoms with Crippen molar-refractivity contribution in [1.29, 1.82) is 0 Å². The van der Waals surface area contributed by atoms with Crippen molar-refractivity contribution in [3.63, 3.8) is 0 Å². The number of hydrogen-bond donors (Lipinski definition) is 1. The number of benzene rings is 1. The molecule has 5 nitrogen and oxygen atoms in total. The summed E-state index contributed by atoms with van der Waals surface area (Å²) in [7, 11) is 0. The molecule has 0 spiro atoms. The molecule has 2 amide bonds. The summed E-state index contributed by atoms with van der Waals surface area (Å²) >= 11 is 0. The first kappa shape index (κ1) is 17.9. The van der Waals surface area contributed by atoms with Gasteiger partial charge in [0.2, 0.25) is 5.91 Å². The normalized spacial score (nSPS) is 19.1. The second-order valence-corrected chi connectivity index (χ2v) is 6.91. The third-order valence-electron chi connectivity index (χ3n) is 5.24. The van der Waals surface area contributed by atoms with Gasteiger partial charge in [0.25, 0.3) is 5.91 Å². The smallest absolute Gasteiger partial charge is 0.253 e. The Kier molecular flexibility index (Phi) is 6.02. The fraction of sp³-hybridized carbons (Fsp3) is 0.579. The summed E-state index contributed by atoms with van der Waals surface area (Å²) in [6.45, 7) is 4.35. The van der Waals surface area contributed by atoms with Gasteiger partial charge >= 0.3 is 0 Å². The molecule has 0 radical (unpaired) electrons. The van der Waals surface area contributed by atoms with Gasteiger partial charge in [0.05, 0.1) is 0 Å². The highest BCUT2D eigenvalue weighted by Gasteiger charge is 2.25. The molecule has 0 unspecified atom stereocenters. The number of nitrogens with one attached hydrogen (secondary N) is 1. The van der Waals surface area contributed by atoms with Gasteiger partial charge in [0, 0.05) is 38.2 Å². The maximum absolute atomic E-state index is 13.0. The highest BCUT2D eigenvalue weighted by atomic mass is 19.1. The molecular weight excluding hydrogens is 321 g/mol. The van der Waals surface area contributed by atoms with Gasteiger partial charge in [-0.1, -0.05) is 0 Å². The van der Waals surface area contributed by atoms with Crippen molar-refractivity contribution in [3.05, 3.63) is 35.6 Å². The number of carbonyl (C=O) groups excluding carboxylic acids is 2. The zero-order valence-electron chi connectivity index (χ0n) is 14.5. The Morgan fingerprint density at radius 2 is 1.60 bits per heavy atom. The van der Waals surface area contributed by atoms with Crippen molar-refractivity contribution in [2.75, 3.05) is 39.3 Å². The second-order valence-electron chi connectivity index (χ2n) is 6.91. The SMILES string of the molecule is O=C(CCC1CCNCC1)N1CCN(C(=O)c2ccc(F)cc2)CC1. The van der Waals surface area contributed by atoms with Crippen LogP contribution in [0.5, 0.6) is 0 Å². The predicted molar refractivity (Wildman–Crippen MR) is 93.7 cm³/mol. The van der Waals surface area contributed by atoms with E-state index in [0.29, 0.717) is 44.1 Å². The summed E-state index contributed by atoms with van der Waals surface area (Å²) in [6, 6.07) is 5.62. The minimum Gasteiger partial charge on any atom is -0.339 e. The highest BCUT2D eigenvalue weighted by molar-refractivity contribution is 5.94. The van der Waals surface area contributed by atoms with Gasteiger partial charge in [0.15, 0.2) is 0 Å². The molecule has 1 aromatic rings. The Balaban J connectivity index is 1.43. The second kappa shape index (κ2) is 8.43. The van der Waals surface area contributed by atoms with E-state index in [1.807, 2.05) is 4.90 Å². The van der Waals surface area contributed by atoms with Crippen LogP contribution in [0.1, 0.15) is 36.0 Å². The number of piperidine rings is 1. The highest BCUT2D eigenvalue weighted by Crippen LogP contribution is 2.19. The van der Waals surface area contributed by atoms with E-state index in [0.717, 1.165) is 32.4 Å². The van der Waals surface area contributed by atoms with Gasteiger partial charge < -0.3 is 15.1 Å². The third kappa shape index (κ3) is 4.78. The molecule has 25 heavy (non-hydrogen) atoms. The van der Waals surface area contributed by atoms with E-state index >= 15 is 0 Å². The van der Waals surface area contributed by atoms with Gasteiger partial charge in [-0.05, 0) is 62.5 Å². The van der Waals surface area contributed by atoms with Gasteiger partial charge in [-0.3, -0.25) is 9.59 Å². The molecule has 2 saturated heterocycles. The molecule has 1 aromatic carbocycles. The summed E-state index contributed by atoms with van der Waals surface area (Å²) in [4.78, 5) is 28.4. The minimum absolute atomic E-state index is 0.0956. The first-order chi connectivity index (χ1) is 12.1. The molecule has 0 aromatic heterocycles. The number of halogens is 1. The van der Waals surface area contributed by atoms with Crippen molar-refractivity contribution >= 4 is 11.8 Å². The maximum atomic E-state index is 13.0. The molecule has 2 aliphatic rings. The molecule has 2 aliphatic heterocycles. The fourth-order valence-corrected chi connectivity index (χ4v) is 3.59. The van der Waals surface area contributed by atoms with Crippen molar-refractivity contribution in [2.45, 2.75) is 25.7 Å². The molecule has 3 rings (SSSR count). The zero-order chi connectivity index (χ0) is 17.6. The van der Waals surface area contributed by atoms with Gasteiger partial charge in [-0.25, -0.2) is 4.39 Å². The van der Waals surface area contributed by atoms with E-state index in [4.69, 9.17) is 0 Å². The molecule has 0 aliphatic carbocycles. The average Bonchev–Trinajstić information content (AvgIpc) is 2.67. The van der Waals surface area contributed by atoms with Crippen molar-refractivity contribution in [2.24, 2.45) is 5.92 Å². The standard InChI is InChI=1S/C19H26FN3O2/c20-17-4-2-16(3-5-17)19(25)23-13-11-22(12-14-23)18(24)6-1-15-7-9-21-10-8-15/h2-5,15,21H,1,6-14H2. The number of carbonyl (C=O) groups is 2. The number of amides is 2. The molecule has 136 valence electrons. The van der Waals surface area contributed by atoms with E-state index < -0.39 is 0 Å². The van der Waals surface area contributed by atoms with E-state index in [1.165, 1.54) is 24.3 Å². The first-order valence-corrected chi connectivity index (χ1v) is 9.17. The van der Waals surface area contributed by atoms with Crippen molar-refractivity contribution < 1.29 is 14.0 Å².